The molecule has 3 aromatic heterocycles. The fourth-order valence-electron chi connectivity index (χ4n) is 2.21. The zero-order valence-electron chi connectivity index (χ0n) is 13.6. The number of aromatic amines is 1. The van der Waals surface area contributed by atoms with Gasteiger partial charge in [0.1, 0.15) is 17.4 Å². The number of hydrogen-bond acceptors (Lipinski definition) is 5. The van der Waals surface area contributed by atoms with Gasteiger partial charge in [0.05, 0.1) is 10.6 Å². The van der Waals surface area contributed by atoms with Crippen molar-refractivity contribution in [3.05, 3.63) is 45.7 Å². The molecule has 25 heavy (non-hydrogen) atoms. The molecule has 0 unspecified atom stereocenters. The number of aromatic nitrogens is 4. The normalized spacial score (nSPS) is 11.0. The summed E-state index contributed by atoms with van der Waals surface area (Å²) in [4.78, 5) is 31.8. The highest BCUT2D eigenvalue weighted by Gasteiger charge is 2.16. The Balaban J connectivity index is 2.13. The number of rotatable bonds is 5. The molecule has 3 rings (SSSR count). The fraction of sp³-hybridized carbons (Fsp3) is 0.250. The highest BCUT2D eigenvalue weighted by atomic mass is 35.5. The molecule has 7 nitrogen and oxygen atoms in total. The van der Waals surface area contributed by atoms with E-state index in [1.54, 1.807) is 6.07 Å². The number of alkyl halides is 1. The third-order valence-electron chi connectivity index (χ3n) is 3.41. The van der Waals surface area contributed by atoms with Crippen molar-refractivity contribution in [2.45, 2.75) is 19.8 Å². The maximum absolute atomic E-state index is 12.0. The topological polar surface area (TPSA) is 92.7 Å². The first-order valence-electron chi connectivity index (χ1n) is 7.59. The molecule has 2 N–H and O–H groups in total. The summed E-state index contributed by atoms with van der Waals surface area (Å²) in [5.41, 5.74) is 1.02. The molecule has 130 valence electrons. The number of H-pyrrole nitrogens is 1. The maximum atomic E-state index is 12.0. The van der Waals surface area contributed by atoms with Gasteiger partial charge in [0, 0.05) is 12.1 Å². The number of carbonyl (C=O) groups excluding carboxylic acids is 1. The first kappa shape index (κ1) is 17.4. The van der Waals surface area contributed by atoms with Crippen LogP contribution in [0.5, 0.6) is 0 Å². The number of carbonyl (C=O) groups is 1. The minimum Gasteiger partial charge on any atom is -0.309 e. The molecule has 0 fully saturated rings. The lowest BCUT2D eigenvalue weighted by Crippen LogP contribution is -2.20. The second kappa shape index (κ2) is 7.20. The summed E-state index contributed by atoms with van der Waals surface area (Å²) in [5.74, 6) is 0.148. The van der Waals surface area contributed by atoms with E-state index in [1.807, 2.05) is 31.4 Å². The van der Waals surface area contributed by atoms with Gasteiger partial charge in [-0.05, 0) is 17.4 Å². The van der Waals surface area contributed by atoms with Gasteiger partial charge in [0.15, 0.2) is 0 Å². The first-order valence-corrected chi connectivity index (χ1v) is 9.00. The van der Waals surface area contributed by atoms with Crippen LogP contribution >= 0.6 is 22.9 Å². The van der Waals surface area contributed by atoms with Crippen LogP contribution in [0.2, 0.25) is 0 Å². The summed E-state index contributed by atoms with van der Waals surface area (Å²) < 4.78 is 1.41. The highest BCUT2D eigenvalue weighted by Crippen LogP contribution is 2.27. The zero-order chi connectivity index (χ0) is 18.0. The van der Waals surface area contributed by atoms with Gasteiger partial charge >= 0.3 is 0 Å². The monoisotopic (exact) mass is 377 g/mol. The van der Waals surface area contributed by atoms with Crippen LogP contribution in [0.3, 0.4) is 0 Å². The van der Waals surface area contributed by atoms with Crippen molar-refractivity contribution in [2.24, 2.45) is 0 Å². The predicted molar refractivity (Wildman–Crippen MR) is 98.7 cm³/mol. The summed E-state index contributed by atoms with van der Waals surface area (Å²) in [5, 5.41) is 9.11. The smallest absolute Gasteiger partial charge is 0.252 e. The molecule has 0 bridgehead atoms. The number of amides is 1. The van der Waals surface area contributed by atoms with Crippen LogP contribution in [0.4, 0.5) is 5.82 Å². The van der Waals surface area contributed by atoms with Crippen LogP contribution in [0.25, 0.3) is 16.5 Å². The van der Waals surface area contributed by atoms with E-state index in [0.717, 1.165) is 4.88 Å². The van der Waals surface area contributed by atoms with E-state index >= 15 is 0 Å². The van der Waals surface area contributed by atoms with Gasteiger partial charge in [-0.2, -0.15) is 9.78 Å². The Morgan fingerprint density at radius 1 is 1.44 bits per heavy atom. The van der Waals surface area contributed by atoms with Crippen molar-refractivity contribution in [1.82, 2.24) is 19.7 Å². The Kier molecular flexibility index (Phi) is 5.00. The second-order valence-electron chi connectivity index (χ2n) is 5.63. The molecule has 0 aliphatic carbocycles. The molecule has 0 spiro atoms. The Labute approximate surface area is 152 Å². The second-order valence-corrected chi connectivity index (χ2v) is 6.85. The maximum Gasteiger partial charge on any atom is 0.252 e. The summed E-state index contributed by atoms with van der Waals surface area (Å²) in [6.45, 7) is 3.89. The summed E-state index contributed by atoms with van der Waals surface area (Å²) >= 11 is 7.11. The summed E-state index contributed by atoms with van der Waals surface area (Å²) in [7, 11) is 0. The molecule has 0 aliphatic heterocycles. The first-order chi connectivity index (χ1) is 12.0. The van der Waals surface area contributed by atoms with E-state index in [9.17, 15) is 9.59 Å². The van der Waals surface area contributed by atoms with Crippen LogP contribution in [0.1, 0.15) is 25.5 Å². The summed E-state index contributed by atoms with van der Waals surface area (Å²) in [6, 6.07) is 7.01. The molecule has 3 heterocycles. The van der Waals surface area contributed by atoms with Gasteiger partial charge < -0.3 is 5.32 Å². The van der Waals surface area contributed by atoms with Crippen LogP contribution in [0, 0.1) is 0 Å². The molecule has 0 radical (unpaired) electrons. The molecule has 1 amide bonds. The lowest BCUT2D eigenvalue weighted by molar-refractivity contribution is -0.114. The third-order valence-corrected chi connectivity index (χ3v) is 4.55. The van der Waals surface area contributed by atoms with Gasteiger partial charge in [-0.25, -0.2) is 4.98 Å². The van der Waals surface area contributed by atoms with Gasteiger partial charge in [0.25, 0.3) is 5.56 Å². The van der Waals surface area contributed by atoms with Crippen LogP contribution in [-0.2, 0) is 4.79 Å². The molecular formula is C16H16ClN5O2S. The minimum absolute atomic E-state index is 0.0780. The van der Waals surface area contributed by atoms with Gasteiger partial charge in [-0.15, -0.1) is 22.9 Å². The fourth-order valence-corrected chi connectivity index (χ4v) is 2.96. The molecular weight excluding hydrogens is 362 g/mol. The molecule has 0 saturated heterocycles. The summed E-state index contributed by atoms with van der Waals surface area (Å²) in [6.07, 6.45) is 0. The predicted octanol–water partition coefficient (Wildman–Crippen LogP) is 2.98. The van der Waals surface area contributed by atoms with Crippen molar-refractivity contribution >= 4 is 34.7 Å². The molecule has 0 aromatic carbocycles. The van der Waals surface area contributed by atoms with E-state index in [2.05, 4.69) is 20.4 Å². The van der Waals surface area contributed by atoms with E-state index < -0.39 is 0 Å². The zero-order valence-corrected chi connectivity index (χ0v) is 15.2. The lowest BCUT2D eigenvalue weighted by Gasteiger charge is -2.09. The van der Waals surface area contributed by atoms with Crippen LogP contribution in [-0.4, -0.2) is 31.5 Å². The van der Waals surface area contributed by atoms with Crippen LogP contribution < -0.4 is 10.9 Å². The Morgan fingerprint density at radius 3 is 2.88 bits per heavy atom. The SMILES string of the molecule is CC(C)c1cc(=O)[nH]c(-n2nc(-c3cccs3)cc2NC(=O)CCl)n1. The molecule has 9 heteroatoms. The Bertz CT molecular complexity index is 946. The number of thiophene rings is 1. The Hall–Kier alpha value is -2.45. The van der Waals surface area contributed by atoms with Crippen molar-refractivity contribution < 1.29 is 4.79 Å². The molecule has 0 saturated carbocycles. The molecule has 3 aromatic rings. The minimum atomic E-state index is -0.372. The third kappa shape index (κ3) is 3.80. The average Bonchev–Trinajstić information content (AvgIpc) is 3.23. The van der Waals surface area contributed by atoms with Gasteiger partial charge in [-0.1, -0.05) is 19.9 Å². The molecule has 0 aliphatic rings. The van der Waals surface area contributed by atoms with Gasteiger partial charge in [-0.3, -0.25) is 14.6 Å². The largest absolute Gasteiger partial charge is 0.309 e. The van der Waals surface area contributed by atoms with Crippen LogP contribution in [0.15, 0.2) is 34.4 Å². The van der Waals surface area contributed by atoms with Crippen molar-refractivity contribution in [3.63, 3.8) is 0 Å². The standard InChI is InChI=1S/C16H16ClN5O2S/c1-9(2)10-7-14(23)20-16(18-10)22-13(19-15(24)8-17)6-11(21-22)12-4-3-5-25-12/h3-7,9H,8H2,1-2H3,(H,19,24)(H,18,20,23). The quantitative estimate of drug-likeness (QED) is 0.668. The molecule has 0 atom stereocenters. The number of anilines is 1. The Morgan fingerprint density at radius 2 is 2.24 bits per heavy atom. The van der Waals surface area contributed by atoms with E-state index in [1.165, 1.54) is 22.1 Å². The number of halogens is 1. The van der Waals surface area contributed by atoms with E-state index in [-0.39, 0.29) is 29.2 Å². The highest BCUT2D eigenvalue weighted by molar-refractivity contribution is 7.13. The average molecular weight is 378 g/mol. The lowest BCUT2D eigenvalue weighted by atomic mass is 10.1. The van der Waals surface area contributed by atoms with Gasteiger partial charge in [0.2, 0.25) is 11.9 Å². The number of nitrogens with zero attached hydrogens (tertiary/aromatic N) is 3. The number of hydrogen-bond donors (Lipinski definition) is 2. The van der Waals surface area contributed by atoms with Crippen molar-refractivity contribution in [2.75, 3.05) is 11.2 Å². The van der Waals surface area contributed by atoms with E-state index in [4.69, 9.17) is 11.6 Å². The number of nitrogens with one attached hydrogen (secondary N) is 2. The van der Waals surface area contributed by atoms with Crippen molar-refractivity contribution in [3.8, 4) is 16.5 Å². The van der Waals surface area contributed by atoms with Crippen molar-refractivity contribution in [1.29, 1.82) is 0 Å². The van der Waals surface area contributed by atoms with E-state index in [0.29, 0.717) is 17.2 Å².